The molecule has 178 valence electrons. The largest absolute Gasteiger partial charge is 0.480 e. The quantitative estimate of drug-likeness (QED) is 0.458. The summed E-state index contributed by atoms with van der Waals surface area (Å²) in [4.78, 5) is 40.1. The number of hydrogen-bond donors (Lipinski definition) is 3. The third kappa shape index (κ3) is 5.01. The normalized spacial score (nSPS) is 15.0. The van der Waals surface area contributed by atoms with E-state index in [1.54, 1.807) is 12.1 Å². The second-order valence-corrected chi connectivity index (χ2v) is 8.89. The Morgan fingerprint density at radius 3 is 2.20 bits per heavy atom. The van der Waals surface area contributed by atoms with Crippen LogP contribution >= 0.6 is 0 Å². The van der Waals surface area contributed by atoms with Crippen molar-refractivity contribution in [3.8, 4) is 11.1 Å². The number of nitrogens with zero attached hydrogens (tertiary/aromatic N) is 1. The Kier molecular flexibility index (Phi) is 6.18. The van der Waals surface area contributed by atoms with Gasteiger partial charge in [-0.1, -0.05) is 48.5 Å². The van der Waals surface area contributed by atoms with Crippen molar-refractivity contribution < 1.29 is 24.2 Å². The number of fused-ring (bicyclic) bond motifs is 3. The number of carboxylic acid groups (broad SMARTS) is 1. The van der Waals surface area contributed by atoms with E-state index < -0.39 is 24.0 Å². The molecule has 0 radical (unpaired) electrons. The lowest BCUT2D eigenvalue weighted by Gasteiger charge is -2.15. The van der Waals surface area contributed by atoms with Gasteiger partial charge >= 0.3 is 12.1 Å². The number of amides is 2. The van der Waals surface area contributed by atoms with Crippen LogP contribution in [0, 0.1) is 5.92 Å². The van der Waals surface area contributed by atoms with E-state index in [2.05, 4.69) is 39.9 Å². The summed E-state index contributed by atoms with van der Waals surface area (Å²) in [6, 6.07) is 18.7. The first-order valence-electron chi connectivity index (χ1n) is 11.6. The summed E-state index contributed by atoms with van der Waals surface area (Å²) in [7, 11) is 0. The Balaban J connectivity index is 1.15. The lowest BCUT2D eigenvalue weighted by molar-refractivity contribution is -0.142. The van der Waals surface area contributed by atoms with Crippen LogP contribution in [0.5, 0.6) is 0 Å². The molecule has 5 rings (SSSR count). The molecular formula is C27H25N3O5. The fourth-order valence-electron chi connectivity index (χ4n) is 4.56. The third-order valence-electron chi connectivity index (χ3n) is 6.43. The van der Waals surface area contributed by atoms with Gasteiger partial charge in [-0.3, -0.25) is 15.1 Å². The van der Waals surface area contributed by atoms with Gasteiger partial charge in [0.1, 0.15) is 12.6 Å². The van der Waals surface area contributed by atoms with Crippen LogP contribution in [-0.4, -0.2) is 40.7 Å². The predicted octanol–water partition coefficient (Wildman–Crippen LogP) is 3.96. The highest BCUT2D eigenvalue weighted by molar-refractivity contribution is 5.86. The second kappa shape index (κ2) is 9.58. The first-order valence-corrected chi connectivity index (χ1v) is 11.6. The van der Waals surface area contributed by atoms with Crippen molar-refractivity contribution in [2.75, 3.05) is 11.9 Å². The number of anilines is 1. The van der Waals surface area contributed by atoms with Crippen molar-refractivity contribution in [1.82, 2.24) is 10.3 Å². The number of rotatable bonds is 8. The van der Waals surface area contributed by atoms with Gasteiger partial charge in [-0.25, -0.2) is 9.59 Å². The number of ether oxygens (including phenoxy) is 1. The Bertz CT molecular complexity index is 1220. The number of carboxylic acids is 1. The Hall–Kier alpha value is -4.20. The minimum atomic E-state index is -1.02. The number of carbonyl (C=O) groups excluding carboxylic acids is 2. The molecule has 3 N–H and O–H groups in total. The van der Waals surface area contributed by atoms with Crippen LogP contribution in [0.3, 0.4) is 0 Å². The highest BCUT2D eigenvalue weighted by atomic mass is 16.5. The molecule has 0 spiro atoms. The summed E-state index contributed by atoms with van der Waals surface area (Å²) in [6.07, 6.45) is 2.44. The summed E-state index contributed by atoms with van der Waals surface area (Å²) < 4.78 is 5.54. The van der Waals surface area contributed by atoms with Gasteiger partial charge < -0.3 is 15.2 Å². The van der Waals surface area contributed by atoms with E-state index in [9.17, 15) is 19.5 Å². The highest BCUT2D eigenvalue weighted by Gasteiger charge is 2.37. The number of aliphatic carboxylic acids is 1. The van der Waals surface area contributed by atoms with Crippen LogP contribution in [0.4, 0.5) is 10.5 Å². The second-order valence-electron chi connectivity index (χ2n) is 8.89. The standard InChI is InChI=1S/C27H25N3O5/c31-24(30-25(26(32)33)16-9-10-16)13-17-11-12-18(14-28-17)29-27(34)35-15-23-21-7-3-1-5-19(21)20-6-2-4-8-22(20)23/h1-8,11-12,14,16,23,25H,9-10,13,15H2,(H,29,34)(H,30,31)(H,32,33). The van der Waals surface area contributed by atoms with E-state index in [1.807, 2.05) is 24.3 Å². The number of carbonyl (C=O) groups is 3. The summed E-state index contributed by atoms with van der Waals surface area (Å²) in [6.45, 7) is 0.206. The van der Waals surface area contributed by atoms with E-state index in [4.69, 9.17) is 4.74 Å². The van der Waals surface area contributed by atoms with Crippen LogP contribution in [0.1, 0.15) is 35.6 Å². The molecule has 2 aromatic carbocycles. The summed E-state index contributed by atoms with van der Waals surface area (Å²) >= 11 is 0. The molecular weight excluding hydrogens is 446 g/mol. The van der Waals surface area contributed by atoms with Crippen LogP contribution in [0.2, 0.25) is 0 Å². The molecule has 8 nitrogen and oxygen atoms in total. The van der Waals surface area contributed by atoms with Gasteiger partial charge in [0, 0.05) is 11.6 Å². The number of aromatic nitrogens is 1. The predicted molar refractivity (Wildman–Crippen MR) is 129 cm³/mol. The SMILES string of the molecule is O=C(Cc1ccc(NC(=O)OCC2c3ccccc3-c3ccccc32)cn1)NC(C(=O)O)C1CC1. The molecule has 8 heteroatoms. The van der Waals surface area contributed by atoms with Gasteiger partial charge in [0.05, 0.1) is 18.3 Å². The molecule has 1 heterocycles. The molecule has 2 amide bonds. The van der Waals surface area contributed by atoms with Crippen LogP contribution in [0.25, 0.3) is 11.1 Å². The lowest BCUT2D eigenvalue weighted by Crippen LogP contribution is -2.43. The van der Waals surface area contributed by atoms with E-state index in [1.165, 1.54) is 6.20 Å². The number of benzene rings is 2. The average molecular weight is 472 g/mol. The first kappa shape index (κ1) is 22.6. The molecule has 1 unspecified atom stereocenters. The summed E-state index contributed by atoms with van der Waals surface area (Å²) in [5, 5.41) is 14.5. The van der Waals surface area contributed by atoms with Crippen LogP contribution < -0.4 is 10.6 Å². The Morgan fingerprint density at radius 2 is 1.63 bits per heavy atom. The van der Waals surface area contributed by atoms with Gasteiger partial charge in [0.25, 0.3) is 0 Å². The number of pyridine rings is 1. The van der Waals surface area contributed by atoms with Crippen molar-refractivity contribution in [3.63, 3.8) is 0 Å². The molecule has 1 aromatic heterocycles. The average Bonchev–Trinajstić information content (AvgIpc) is 3.65. The molecule has 1 atom stereocenters. The molecule has 0 saturated heterocycles. The van der Waals surface area contributed by atoms with E-state index in [-0.39, 0.29) is 24.9 Å². The minimum Gasteiger partial charge on any atom is -0.480 e. The fourth-order valence-corrected chi connectivity index (χ4v) is 4.56. The van der Waals surface area contributed by atoms with Gasteiger partial charge in [0.2, 0.25) is 5.91 Å². The molecule has 0 aliphatic heterocycles. The van der Waals surface area contributed by atoms with E-state index in [0.29, 0.717) is 11.4 Å². The number of nitrogens with one attached hydrogen (secondary N) is 2. The zero-order valence-corrected chi connectivity index (χ0v) is 18.9. The van der Waals surface area contributed by atoms with Gasteiger partial charge in [-0.2, -0.15) is 0 Å². The Labute approximate surface area is 202 Å². The molecule has 35 heavy (non-hydrogen) atoms. The zero-order chi connectivity index (χ0) is 24.4. The number of hydrogen-bond acceptors (Lipinski definition) is 5. The molecule has 0 bridgehead atoms. The van der Waals surface area contributed by atoms with Gasteiger partial charge in [-0.15, -0.1) is 0 Å². The third-order valence-corrected chi connectivity index (χ3v) is 6.43. The maximum absolute atomic E-state index is 12.4. The van der Waals surface area contributed by atoms with Gasteiger partial charge in [-0.05, 0) is 53.1 Å². The van der Waals surface area contributed by atoms with Crippen molar-refractivity contribution in [2.45, 2.75) is 31.2 Å². The summed E-state index contributed by atoms with van der Waals surface area (Å²) in [5.74, 6) is -1.43. The van der Waals surface area contributed by atoms with Crippen molar-refractivity contribution in [1.29, 1.82) is 0 Å². The van der Waals surface area contributed by atoms with Crippen molar-refractivity contribution in [3.05, 3.63) is 83.7 Å². The molecule has 3 aromatic rings. The van der Waals surface area contributed by atoms with E-state index >= 15 is 0 Å². The van der Waals surface area contributed by atoms with Crippen molar-refractivity contribution >= 4 is 23.7 Å². The Morgan fingerprint density at radius 1 is 0.971 bits per heavy atom. The smallest absolute Gasteiger partial charge is 0.411 e. The fraction of sp³-hybridized carbons (Fsp3) is 0.259. The van der Waals surface area contributed by atoms with Crippen LogP contribution in [-0.2, 0) is 20.7 Å². The minimum absolute atomic E-state index is 0.00758. The topological polar surface area (TPSA) is 118 Å². The molecule has 2 aliphatic rings. The molecule has 1 fully saturated rings. The monoisotopic (exact) mass is 471 g/mol. The zero-order valence-electron chi connectivity index (χ0n) is 18.9. The molecule has 2 aliphatic carbocycles. The highest BCUT2D eigenvalue weighted by Crippen LogP contribution is 2.44. The maximum atomic E-state index is 12.4. The van der Waals surface area contributed by atoms with Gasteiger partial charge in [0.15, 0.2) is 0 Å². The van der Waals surface area contributed by atoms with E-state index in [0.717, 1.165) is 35.1 Å². The van der Waals surface area contributed by atoms with Crippen LogP contribution in [0.15, 0.2) is 66.9 Å². The summed E-state index contributed by atoms with van der Waals surface area (Å²) in [5.41, 5.74) is 5.50. The van der Waals surface area contributed by atoms with Crippen molar-refractivity contribution in [2.24, 2.45) is 5.92 Å². The first-order chi connectivity index (χ1) is 17.0. The molecule has 1 saturated carbocycles. The lowest BCUT2D eigenvalue weighted by atomic mass is 9.98. The maximum Gasteiger partial charge on any atom is 0.411 e.